The predicted molar refractivity (Wildman–Crippen MR) is 100 cm³/mol. The zero-order valence-electron chi connectivity index (χ0n) is 15.1. The first kappa shape index (κ1) is 27.7. The second kappa shape index (κ2) is 16.7. The van der Waals surface area contributed by atoms with Crippen LogP contribution in [0.25, 0.3) is 0 Å². The molecular weight excluding hydrogens is 314 g/mol. The van der Waals surface area contributed by atoms with Gasteiger partial charge in [-0.25, -0.2) is 0 Å². The Bertz CT molecular complexity index is 286. The van der Waals surface area contributed by atoms with E-state index in [2.05, 4.69) is 27.7 Å². The van der Waals surface area contributed by atoms with Crippen LogP contribution in [0.5, 0.6) is 0 Å². The van der Waals surface area contributed by atoms with E-state index in [-0.39, 0.29) is 7.43 Å². The van der Waals surface area contributed by atoms with Gasteiger partial charge in [-0.3, -0.25) is 9.11 Å². The summed E-state index contributed by atoms with van der Waals surface area (Å²) in [6.07, 6.45) is 11.1. The third-order valence-corrected chi connectivity index (χ3v) is 3.94. The van der Waals surface area contributed by atoms with Crippen molar-refractivity contribution in [1.29, 1.82) is 0 Å². The number of quaternary nitrogens is 1. The van der Waals surface area contributed by atoms with Gasteiger partial charge in [0.2, 0.25) is 0 Å². The van der Waals surface area contributed by atoms with Crippen molar-refractivity contribution in [3.8, 4) is 0 Å². The Morgan fingerprint density at radius 1 is 0.652 bits per heavy atom. The Kier molecular flexibility index (Phi) is 20.1. The summed E-state index contributed by atoms with van der Waals surface area (Å²) in [6.45, 7) is 15.0. The van der Waals surface area contributed by atoms with Gasteiger partial charge in [-0.1, -0.05) is 60.8 Å². The molecule has 0 unspecified atom stereocenters. The lowest BCUT2D eigenvalue weighted by atomic mass is 10.1. The van der Waals surface area contributed by atoms with E-state index >= 15 is 0 Å². The van der Waals surface area contributed by atoms with E-state index in [0.29, 0.717) is 0 Å². The minimum Gasteiger partial charge on any atom is -0.324 e. The van der Waals surface area contributed by atoms with Crippen LogP contribution in [0, 0.1) is 0 Å². The Balaban J connectivity index is -0.000000578. The van der Waals surface area contributed by atoms with Crippen molar-refractivity contribution in [2.45, 2.75) is 86.5 Å². The number of unbranched alkanes of at least 4 members (excludes halogenated alkanes) is 4. The van der Waals surface area contributed by atoms with Crippen LogP contribution in [-0.4, -0.2) is 48.2 Å². The van der Waals surface area contributed by atoms with E-state index in [4.69, 9.17) is 17.5 Å². The number of nitrogens with zero attached hydrogens (tertiary/aromatic N) is 1. The summed E-state index contributed by atoms with van der Waals surface area (Å²) in [4.78, 5) is 0. The predicted octanol–water partition coefficient (Wildman–Crippen LogP) is 4.99. The van der Waals surface area contributed by atoms with Crippen molar-refractivity contribution < 1.29 is 22.0 Å². The van der Waals surface area contributed by atoms with Gasteiger partial charge in [0.25, 0.3) is 0 Å². The largest absolute Gasteiger partial charge is 0.394 e. The highest BCUT2D eigenvalue weighted by Crippen LogP contribution is 2.16. The van der Waals surface area contributed by atoms with Gasteiger partial charge in [-0.2, -0.15) is 8.42 Å². The minimum atomic E-state index is -4.67. The molecule has 23 heavy (non-hydrogen) atoms. The van der Waals surface area contributed by atoms with Crippen molar-refractivity contribution in [3.63, 3.8) is 0 Å². The molecule has 0 aromatic heterocycles. The molecule has 0 aliphatic rings. The maximum absolute atomic E-state index is 8.74. The Hall–Kier alpha value is -0.170. The van der Waals surface area contributed by atoms with E-state index in [1.54, 1.807) is 0 Å². The third kappa shape index (κ3) is 21.8. The minimum absolute atomic E-state index is 0. The fraction of sp³-hybridized carbons (Fsp3) is 1.00. The fourth-order valence-corrected chi connectivity index (χ4v) is 2.64. The number of hydrogen-bond donors (Lipinski definition) is 2. The first-order valence-corrected chi connectivity index (χ1v) is 10.2. The highest BCUT2D eigenvalue weighted by molar-refractivity contribution is 7.79. The average Bonchev–Trinajstić information content (AvgIpc) is 2.44. The normalized spacial score (nSPS) is 11.4. The van der Waals surface area contributed by atoms with Crippen LogP contribution in [0.1, 0.15) is 86.5 Å². The van der Waals surface area contributed by atoms with Crippen LogP contribution >= 0.6 is 0 Å². The zero-order valence-corrected chi connectivity index (χ0v) is 15.9. The molecule has 0 atom stereocenters. The van der Waals surface area contributed by atoms with E-state index in [0.717, 1.165) is 0 Å². The molecule has 0 aromatic carbocycles. The van der Waals surface area contributed by atoms with Gasteiger partial charge in [0, 0.05) is 0 Å². The lowest BCUT2D eigenvalue weighted by Crippen LogP contribution is -2.50. The highest BCUT2D eigenvalue weighted by atomic mass is 32.3. The summed E-state index contributed by atoms with van der Waals surface area (Å²) in [7, 11) is -4.67. The van der Waals surface area contributed by atoms with Crippen LogP contribution in [0.15, 0.2) is 0 Å². The molecule has 0 rings (SSSR count). The highest BCUT2D eigenvalue weighted by Gasteiger charge is 2.24. The lowest BCUT2D eigenvalue weighted by Gasteiger charge is -2.39. The molecule has 0 aliphatic carbocycles. The molecule has 0 aliphatic heterocycles. The molecule has 0 amide bonds. The quantitative estimate of drug-likeness (QED) is 0.382. The summed E-state index contributed by atoms with van der Waals surface area (Å²) in [5, 5.41) is 0. The number of rotatable bonds is 12. The van der Waals surface area contributed by atoms with Crippen molar-refractivity contribution in [3.05, 3.63) is 0 Å². The maximum Gasteiger partial charge on any atom is 0.394 e. The molecule has 0 spiro atoms. The van der Waals surface area contributed by atoms with E-state index in [1.807, 2.05) is 0 Å². The topological polar surface area (TPSA) is 74.6 Å². The summed E-state index contributed by atoms with van der Waals surface area (Å²) in [6, 6.07) is 0. The monoisotopic (exact) mass is 356 g/mol. The standard InChI is InChI=1S/C16H36N.CH4.H2O4S/c1-5-9-13-17(14-10-6-2,15-11-7-3)16-12-8-4;;1-5(2,3)4/h5-16H2,1-4H3;1H4;(H2,1,2,3,4)/q+1;;. The molecule has 144 valence electrons. The molecule has 0 aromatic rings. The first-order chi connectivity index (χ1) is 10.2. The van der Waals surface area contributed by atoms with Gasteiger partial charge in [0.15, 0.2) is 0 Å². The summed E-state index contributed by atoms with van der Waals surface area (Å²) < 4.78 is 33.0. The molecule has 0 saturated heterocycles. The summed E-state index contributed by atoms with van der Waals surface area (Å²) in [5.74, 6) is 0. The summed E-state index contributed by atoms with van der Waals surface area (Å²) in [5.41, 5.74) is 0. The van der Waals surface area contributed by atoms with Crippen molar-refractivity contribution in [1.82, 2.24) is 0 Å². The molecule has 0 heterocycles. The fourth-order valence-electron chi connectivity index (χ4n) is 2.64. The van der Waals surface area contributed by atoms with Crippen molar-refractivity contribution >= 4 is 10.4 Å². The molecule has 6 heteroatoms. The second-order valence-corrected chi connectivity index (χ2v) is 6.99. The molecule has 5 nitrogen and oxygen atoms in total. The van der Waals surface area contributed by atoms with Crippen LogP contribution in [0.4, 0.5) is 0 Å². The van der Waals surface area contributed by atoms with E-state index < -0.39 is 10.4 Å². The van der Waals surface area contributed by atoms with E-state index in [1.165, 1.54) is 82.0 Å². The molecule has 2 N–H and O–H groups in total. The Morgan fingerprint density at radius 3 is 0.957 bits per heavy atom. The van der Waals surface area contributed by atoms with Gasteiger partial charge in [-0.05, 0) is 25.7 Å². The first-order valence-electron chi connectivity index (χ1n) is 8.79. The average molecular weight is 357 g/mol. The Morgan fingerprint density at radius 2 is 0.826 bits per heavy atom. The van der Waals surface area contributed by atoms with Crippen LogP contribution < -0.4 is 0 Å². The van der Waals surface area contributed by atoms with Crippen molar-refractivity contribution in [2.75, 3.05) is 26.2 Å². The molecule has 0 radical (unpaired) electrons. The zero-order chi connectivity index (χ0) is 17.5. The van der Waals surface area contributed by atoms with Gasteiger partial charge >= 0.3 is 10.4 Å². The van der Waals surface area contributed by atoms with Gasteiger partial charge < -0.3 is 4.48 Å². The summed E-state index contributed by atoms with van der Waals surface area (Å²) >= 11 is 0. The van der Waals surface area contributed by atoms with Gasteiger partial charge in [0.1, 0.15) is 0 Å². The molecule has 0 bridgehead atoms. The second-order valence-electron chi connectivity index (χ2n) is 6.10. The third-order valence-electron chi connectivity index (χ3n) is 3.94. The molecule has 0 saturated carbocycles. The van der Waals surface area contributed by atoms with Gasteiger partial charge in [0.05, 0.1) is 26.2 Å². The Labute approximate surface area is 145 Å². The maximum atomic E-state index is 8.74. The van der Waals surface area contributed by atoms with Crippen LogP contribution in [0.2, 0.25) is 0 Å². The molecule has 0 fully saturated rings. The van der Waals surface area contributed by atoms with E-state index in [9.17, 15) is 0 Å². The SMILES string of the molecule is C.CCCC[N+](CCCC)(CCCC)CCCC.O=S(=O)(O)O. The lowest BCUT2D eigenvalue weighted by molar-refractivity contribution is -0.929. The van der Waals surface area contributed by atoms with Crippen LogP contribution in [0.3, 0.4) is 0 Å². The smallest absolute Gasteiger partial charge is 0.324 e. The van der Waals surface area contributed by atoms with Crippen molar-refractivity contribution in [2.24, 2.45) is 0 Å². The molecular formula is C17H42NO4S+. The van der Waals surface area contributed by atoms with Crippen LogP contribution in [-0.2, 0) is 10.4 Å². The van der Waals surface area contributed by atoms with Gasteiger partial charge in [-0.15, -0.1) is 0 Å². The number of hydrogen-bond acceptors (Lipinski definition) is 2.